The largest absolute Gasteiger partial charge is 0.376 e. The molecule has 0 bridgehead atoms. The van der Waals surface area contributed by atoms with Gasteiger partial charge in [-0.15, -0.1) is 11.3 Å². The van der Waals surface area contributed by atoms with Crippen molar-refractivity contribution in [2.45, 2.75) is 45.8 Å². The third-order valence-corrected chi connectivity index (χ3v) is 4.36. The summed E-state index contributed by atoms with van der Waals surface area (Å²) >= 11 is 1.80. The maximum Gasteiger partial charge on any atom is 0.185 e. The Morgan fingerprint density at radius 2 is 2.42 bits per heavy atom. The van der Waals surface area contributed by atoms with Crippen molar-refractivity contribution in [2.75, 3.05) is 31.1 Å². The second-order valence-corrected chi connectivity index (χ2v) is 6.06. The highest BCUT2D eigenvalue weighted by molar-refractivity contribution is 7.15. The van der Waals surface area contributed by atoms with Crippen LogP contribution in [0, 0.1) is 0 Å². The molecule has 1 saturated heterocycles. The molecule has 2 heterocycles. The lowest BCUT2D eigenvalue weighted by molar-refractivity contribution is 0.0440. The molecular weight excluding hydrogens is 258 g/mol. The number of rotatable bonds is 7. The van der Waals surface area contributed by atoms with Gasteiger partial charge in [0.25, 0.3) is 0 Å². The van der Waals surface area contributed by atoms with Crippen molar-refractivity contribution in [3.63, 3.8) is 0 Å². The van der Waals surface area contributed by atoms with Gasteiger partial charge in [-0.3, -0.25) is 0 Å². The molecular formula is C14H25N3OS. The quantitative estimate of drug-likeness (QED) is 0.835. The summed E-state index contributed by atoms with van der Waals surface area (Å²) in [4.78, 5) is 8.25. The van der Waals surface area contributed by atoms with Crippen LogP contribution in [0.15, 0.2) is 6.20 Å². The van der Waals surface area contributed by atoms with Crippen LogP contribution in [0.2, 0.25) is 0 Å². The standard InChI is InChI=1S/C14H25N3OS/c1-3-8-18-12-6-5-7-17(11-12)14-16-10-13(19-14)9-15-4-2/h10,12,15H,3-9,11H2,1-2H3. The van der Waals surface area contributed by atoms with Gasteiger partial charge in [-0.1, -0.05) is 13.8 Å². The molecule has 1 fully saturated rings. The van der Waals surface area contributed by atoms with E-state index in [4.69, 9.17) is 4.74 Å². The molecule has 1 aromatic rings. The Morgan fingerprint density at radius 1 is 1.53 bits per heavy atom. The van der Waals surface area contributed by atoms with Crippen molar-refractivity contribution < 1.29 is 4.74 Å². The fourth-order valence-electron chi connectivity index (χ4n) is 2.31. The van der Waals surface area contributed by atoms with Gasteiger partial charge in [0.05, 0.1) is 6.10 Å². The third-order valence-electron chi connectivity index (χ3n) is 3.30. The summed E-state index contributed by atoms with van der Waals surface area (Å²) in [5, 5.41) is 4.50. The first-order valence-corrected chi connectivity index (χ1v) is 8.17. The topological polar surface area (TPSA) is 37.4 Å². The van der Waals surface area contributed by atoms with Crippen molar-refractivity contribution in [1.82, 2.24) is 10.3 Å². The van der Waals surface area contributed by atoms with E-state index in [2.05, 4.69) is 29.0 Å². The lowest BCUT2D eigenvalue weighted by Gasteiger charge is -2.32. The fraction of sp³-hybridized carbons (Fsp3) is 0.786. The summed E-state index contributed by atoms with van der Waals surface area (Å²) in [7, 11) is 0. The minimum atomic E-state index is 0.384. The third kappa shape index (κ3) is 4.44. The molecule has 4 nitrogen and oxygen atoms in total. The number of hydrogen-bond acceptors (Lipinski definition) is 5. The summed E-state index contributed by atoms with van der Waals surface area (Å²) in [6.07, 6.45) is 5.87. The van der Waals surface area contributed by atoms with Crippen LogP contribution in [-0.2, 0) is 11.3 Å². The molecule has 5 heteroatoms. The molecule has 1 unspecified atom stereocenters. The average molecular weight is 283 g/mol. The summed E-state index contributed by atoms with van der Waals surface area (Å²) in [6.45, 7) is 9.20. The Kier molecular flexibility index (Phi) is 6.07. The molecule has 0 aromatic carbocycles. The highest BCUT2D eigenvalue weighted by Gasteiger charge is 2.22. The van der Waals surface area contributed by atoms with Crippen LogP contribution >= 0.6 is 11.3 Å². The van der Waals surface area contributed by atoms with Gasteiger partial charge in [0, 0.05) is 37.3 Å². The molecule has 0 saturated carbocycles. The van der Waals surface area contributed by atoms with Crippen LogP contribution in [0.1, 0.15) is 38.0 Å². The number of anilines is 1. The van der Waals surface area contributed by atoms with Crippen molar-refractivity contribution in [3.8, 4) is 0 Å². The Labute approximate surface area is 120 Å². The van der Waals surface area contributed by atoms with E-state index in [1.54, 1.807) is 11.3 Å². The Hall–Kier alpha value is -0.650. The predicted octanol–water partition coefficient (Wildman–Crippen LogP) is 2.65. The van der Waals surface area contributed by atoms with Gasteiger partial charge >= 0.3 is 0 Å². The molecule has 1 aromatic heterocycles. The molecule has 0 spiro atoms. The molecule has 0 aliphatic carbocycles. The number of thiazole rings is 1. The van der Waals surface area contributed by atoms with Gasteiger partial charge in [-0.05, 0) is 25.8 Å². The maximum absolute atomic E-state index is 5.88. The molecule has 2 rings (SSSR count). The van der Waals surface area contributed by atoms with E-state index in [0.29, 0.717) is 6.10 Å². The minimum Gasteiger partial charge on any atom is -0.376 e. The average Bonchev–Trinajstić information content (AvgIpc) is 2.92. The Bertz CT molecular complexity index is 369. The van der Waals surface area contributed by atoms with E-state index in [-0.39, 0.29) is 0 Å². The van der Waals surface area contributed by atoms with Crippen molar-refractivity contribution in [1.29, 1.82) is 0 Å². The van der Waals surface area contributed by atoms with Crippen LogP contribution in [0.25, 0.3) is 0 Å². The van der Waals surface area contributed by atoms with E-state index < -0.39 is 0 Å². The zero-order valence-electron chi connectivity index (χ0n) is 12.0. The zero-order valence-corrected chi connectivity index (χ0v) is 12.8. The molecule has 1 aliphatic rings. The van der Waals surface area contributed by atoms with Crippen LogP contribution in [0.4, 0.5) is 5.13 Å². The van der Waals surface area contributed by atoms with Crippen LogP contribution < -0.4 is 10.2 Å². The SMILES string of the molecule is CCCOC1CCCN(c2ncc(CNCC)s2)C1. The lowest BCUT2D eigenvalue weighted by Crippen LogP contribution is -2.39. The number of nitrogens with one attached hydrogen (secondary N) is 1. The van der Waals surface area contributed by atoms with E-state index >= 15 is 0 Å². The number of nitrogens with zero attached hydrogens (tertiary/aromatic N) is 2. The minimum absolute atomic E-state index is 0.384. The number of hydrogen-bond donors (Lipinski definition) is 1. The van der Waals surface area contributed by atoms with Gasteiger partial charge in [0.15, 0.2) is 5.13 Å². The molecule has 0 radical (unpaired) electrons. The van der Waals surface area contributed by atoms with Crippen molar-refractivity contribution in [3.05, 3.63) is 11.1 Å². The smallest absolute Gasteiger partial charge is 0.185 e. The van der Waals surface area contributed by atoms with Crippen LogP contribution in [0.5, 0.6) is 0 Å². The maximum atomic E-state index is 5.88. The van der Waals surface area contributed by atoms with Crippen molar-refractivity contribution >= 4 is 16.5 Å². The molecule has 1 atom stereocenters. The van der Waals surface area contributed by atoms with Gasteiger partial charge < -0.3 is 15.0 Å². The summed E-state index contributed by atoms with van der Waals surface area (Å²) < 4.78 is 5.88. The highest BCUT2D eigenvalue weighted by atomic mass is 32.1. The second kappa shape index (κ2) is 7.82. The van der Waals surface area contributed by atoms with Crippen LogP contribution in [0.3, 0.4) is 0 Å². The molecule has 1 aliphatic heterocycles. The summed E-state index contributed by atoms with van der Waals surface area (Å²) in [6, 6.07) is 0. The Balaban J connectivity index is 1.87. The van der Waals surface area contributed by atoms with Crippen molar-refractivity contribution in [2.24, 2.45) is 0 Å². The first-order valence-electron chi connectivity index (χ1n) is 7.35. The number of ether oxygens (including phenoxy) is 1. The first kappa shape index (κ1) is 14.8. The van der Waals surface area contributed by atoms with E-state index in [9.17, 15) is 0 Å². The molecule has 0 amide bonds. The van der Waals surface area contributed by atoms with E-state index in [1.165, 1.54) is 17.7 Å². The second-order valence-electron chi connectivity index (χ2n) is 4.97. The molecule has 108 valence electrons. The van der Waals surface area contributed by atoms with E-state index in [1.807, 2.05) is 6.20 Å². The summed E-state index contributed by atoms with van der Waals surface area (Å²) in [5.74, 6) is 0. The fourth-order valence-corrected chi connectivity index (χ4v) is 3.22. The van der Waals surface area contributed by atoms with Gasteiger partial charge in [0.2, 0.25) is 0 Å². The Morgan fingerprint density at radius 3 is 3.21 bits per heavy atom. The van der Waals surface area contributed by atoms with Crippen LogP contribution in [-0.4, -0.2) is 37.3 Å². The van der Waals surface area contributed by atoms with Gasteiger partial charge in [0.1, 0.15) is 0 Å². The predicted molar refractivity (Wildman–Crippen MR) is 81.0 cm³/mol. The normalized spacial score (nSPS) is 19.9. The zero-order chi connectivity index (χ0) is 13.5. The summed E-state index contributed by atoms with van der Waals surface area (Å²) in [5.41, 5.74) is 0. The van der Waals surface area contributed by atoms with E-state index in [0.717, 1.165) is 44.3 Å². The molecule has 19 heavy (non-hydrogen) atoms. The van der Waals surface area contributed by atoms with Gasteiger partial charge in [-0.2, -0.15) is 0 Å². The lowest BCUT2D eigenvalue weighted by atomic mass is 10.1. The number of aromatic nitrogens is 1. The first-order chi connectivity index (χ1) is 9.33. The monoisotopic (exact) mass is 283 g/mol. The number of piperidine rings is 1. The van der Waals surface area contributed by atoms with Gasteiger partial charge in [-0.25, -0.2) is 4.98 Å². The highest BCUT2D eigenvalue weighted by Crippen LogP contribution is 2.26. The molecule has 1 N–H and O–H groups in total.